The fraction of sp³-hybridized carbons (Fsp3) is 0.381. The molecule has 0 spiro atoms. The van der Waals surface area contributed by atoms with Crippen molar-refractivity contribution in [1.29, 1.82) is 0 Å². The van der Waals surface area contributed by atoms with Crippen molar-refractivity contribution in [2.75, 3.05) is 27.9 Å². The second-order valence-corrected chi connectivity index (χ2v) is 7.70. The van der Waals surface area contributed by atoms with Crippen molar-refractivity contribution < 1.29 is 23.7 Å². The summed E-state index contributed by atoms with van der Waals surface area (Å²) >= 11 is 0. The first-order valence-corrected chi connectivity index (χ1v) is 9.82. The third-order valence-corrected chi connectivity index (χ3v) is 5.12. The number of benzene rings is 2. The molecule has 0 saturated heterocycles. The summed E-state index contributed by atoms with van der Waals surface area (Å²) in [5.74, 6) is 2.88. The molecule has 0 radical (unpaired) electrons. The Hall–Kier alpha value is -1.66. The van der Waals surface area contributed by atoms with Crippen molar-refractivity contribution in [2.45, 2.75) is 20.3 Å². The number of carbonyl (C=O) groups excluding carboxylic acids is 1. The van der Waals surface area contributed by atoms with Gasteiger partial charge in [0.15, 0.2) is 5.52 Å². The summed E-state index contributed by atoms with van der Waals surface area (Å²) in [7, 11) is 4.56. The molecule has 7 heteroatoms. The van der Waals surface area contributed by atoms with Crippen LogP contribution in [-0.2, 0) is 0 Å². The van der Waals surface area contributed by atoms with E-state index in [9.17, 15) is 4.79 Å². The van der Waals surface area contributed by atoms with Gasteiger partial charge in [0.25, 0.3) is 0 Å². The Morgan fingerprint density at radius 2 is 1.50 bits per heavy atom. The summed E-state index contributed by atoms with van der Waals surface area (Å²) in [4.78, 5) is 12.9. The van der Waals surface area contributed by atoms with Crippen LogP contribution >= 0.6 is 8.58 Å². The van der Waals surface area contributed by atoms with E-state index < -0.39 is 0 Å². The van der Waals surface area contributed by atoms with Gasteiger partial charge in [0, 0.05) is 12.1 Å². The Morgan fingerprint density at radius 3 is 1.96 bits per heavy atom. The number of methoxy groups -OCH3 is 3. The first-order chi connectivity index (χ1) is 13.0. The summed E-state index contributed by atoms with van der Waals surface area (Å²) in [6.45, 7) is 5.03. The zero-order chi connectivity index (χ0) is 19.8. The Balaban J connectivity index is 0.00000392. The monoisotopic (exact) mass is 398 g/mol. The summed E-state index contributed by atoms with van der Waals surface area (Å²) in [6, 6.07) is 11.0. The molecular weight excluding hydrogens is 370 g/mol. The van der Waals surface area contributed by atoms with E-state index in [-0.39, 0.29) is 33.0 Å². The van der Waals surface area contributed by atoms with Gasteiger partial charge in [-0.15, -0.1) is 0 Å². The maximum atomic E-state index is 12.9. The number of hydrogen-bond donors (Lipinski definition) is 0. The van der Waals surface area contributed by atoms with Crippen molar-refractivity contribution in [2.24, 2.45) is 5.92 Å². The topological polar surface area (TPSA) is 54.0 Å². The molecule has 0 aliphatic rings. The Labute approximate surface area is 181 Å². The molecular formula is C21H28LiO5P. The van der Waals surface area contributed by atoms with Crippen molar-refractivity contribution in [1.82, 2.24) is 0 Å². The molecule has 1 atom stereocenters. The van der Waals surface area contributed by atoms with Crippen molar-refractivity contribution in [3.05, 3.63) is 42.0 Å². The van der Waals surface area contributed by atoms with E-state index in [1.165, 1.54) is 14.2 Å². The van der Waals surface area contributed by atoms with Gasteiger partial charge in [-0.2, -0.15) is 0 Å². The number of carbonyl (C=O) groups is 1. The molecule has 0 amide bonds. The average Bonchev–Trinajstić information content (AvgIpc) is 2.67. The molecule has 2 rings (SSSR count). The molecule has 148 valence electrons. The third kappa shape index (κ3) is 6.74. The van der Waals surface area contributed by atoms with E-state index in [0.29, 0.717) is 35.3 Å². The van der Waals surface area contributed by atoms with Crippen LogP contribution in [0.1, 0.15) is 30.6 Å². The second kappa shape index (κ2) is 12.0. The first kappa shape index (κ1) is 24.4. The van der Waals surface area contributed by atoms with Crippen LogP contribution in [0.2, 0.25) is 0 Å². The minimum absolute atomic E-state index is 0. The van der Waals surface area contributed by atoms with Crippen LogP contribution in [0, 0.1) is 5.92 Å². The fourth-order valence-electron chi connectivity index (χ4n) is 2.47. The number of rotatable bonds is 10. The summed E-state index contributed by atoms with van der Waals surface area (Å²) in [5, 5.41) is 0.927. The van der Waals surface area contributed by atoms with Crippen LogP contribution in [-0.4, -0.2) is 52.3 Å². The van der Waals surface area contributed by atoms with Crippen molar-refractivity contribution in [3.63, 3.8) is 0 Å². The van der Waals surface area contributed by atoms with Gasteiger partial charge in [0.1, 0.15) is 28.6 Å². The van der Waals surface area contributed by atoms with E-state index in [1.54, 1.807) is 19.2 Å². The van der Waals surface area contributed by atoms with Gasteiger partial charge < -0.3 is 18.9 Å². The summed E-state index contributed by atoms with van der Waals surface area (Å²) < 4.78 is 21.7. The molecule has 0 fully saturated rings. The Morgan fingerprint density at radius 1 is 0.929 bits per heavy atom. The zero-order valence-corrected chi connectivity index (χ0v) is 17.5. The molecule has 0 saturated carbocycles. The van der Waals surface area contributed by atoms with Gasteiger partial charge in [0.05, 0.1) is 27.9 Å². The van der Waals surface area contributed by atoms with Gasteiger partial charge in [-0.1, -0.05) is 26.0 Å². The van der Waals surface area contributed by atoms with Crippen LogP contribution in [0.3, 0.4) is 0 Å². The Bertz CT molecular complexity index is 737. The summed E-state index contributed by atoms with van der Waals surface area (Å²) in [5.41, 5.74) is 0.372. The van der Waals surface area contributed by atoms with E-state index in [2.05, 4.69) is 13.8 Å². The predicted octanol–water partition coefficient (Wildman–Crippen LogP) is 3.63. The second-order valence-electron chi connectivity index (χ2n) is 6.42. The van der Waals surface area contributed by atoms with Crippen molar-refractivity contribution >= 4 is 38.3 Å². The molecule has 0 bridgehead atoms. The van der Waals surface area contributed by atoms with Crippen molar-refractivity contribution in [3.8, 4) is 23.0 Å². The average molecular weight is 398 g/mol. The van der Waals surface area contributed by atoms with Gasteiger partial charge in [-0.3, -0.25) is 4.79 Å². The molecule has 0 aliphatic carbocycles. The van der Waals surface area contributed by atoms with Crippen LogP contribution in [0.25, 0.3) is 0 Å². The molecule has 5 nitrogen and oxygen atoms in total. The zero-order valence-electron chi connectivity index (χ0n) is 16.5. The number of ether oxygens (including phenoxy) is 4. The minimum atomic E-state index is -0.0557. The van der Waals surface area contributed by atoms with E-state index in [1.807, 2.05) is 24.3 Å². The molecule has 0 aromatic heterocycles. The summed E-state index contributed by atoms with van der Waals surface area (Å²) in [6.07, 6.45) is 1.01. The molecule has 2 aromatic rings. The van der Waals surface area contributed by atoms with E-state index in [0.717, 1.165) is 17.5 Å². The van der Waals surface area contributed by atoms with Gasteiger partial charge in [0.2, 0.25) is 0 Å². The van der Waals surface area contributed by atoms with Crippen LogP contribution in [0.5, 0.6) is 23.0 Å². The molecule has 28 heavy (non-hydrogen) atoms. The Kier molecular flexibility index (Phi) is 10.5. The van der Waals surface area contributed by atoms with Gasteiger partial charge >= 0.3 is 18.9 Å². The molecule has 0 heterocycles. The quantitative estimate of drug-likeness (QED) is 0.452. The fourth-order valence-corrected chi connectivity index (χ4v) is 3.44. The van der Waals surface area contributed by atoms with Gasteiger partial charge in [-0.05, 0) is 38.4 Å². The standard InChI is InChI=1S/C21H27O5P.Li.H/c1-14(2)10-11-26-15-6-8-17(9-7-15)27-21(22)20-18(24-4)12-16(23-3)13-19(20)25-5;;/h6-9,12-14,27H,10-11H2,1-5H3;;. The first-order valence-electron chi connectivity index (χ1n) is 8.82. The van der Waals surface area contributed by atoms with Crippen LogP contribution < -0.4 is 24.3 Å². The van der Waals surface area contributed by atoms with E-state index >= 15 is 0 Å². The SMILES string of the molecule is COc1cc(OC)c(C(=O)Pc2ccc(OCCC(C)C)cc2)c(OC)c1.[LiH]. The molecule has 1 unspecified atom stereocenters. The van der Waals surface area contributed by atoms with E-state index in [4.69, 9.17) is 18.9 Å². The third-order valence-electron chi connectivity index (χ3n) is 4.02. The molecule has 0 N–H and O–H groups in total. The maximum absolute atomic E-state index is 12.9. The number of hydrogen-bond acceptors (Lipinski definition) is 5. The predicted molar refractivity (Wildman–Crippen MR) is 117 cm³/mol. The molecule has 0 aliphatic heterocycles. The van der Waals surface area contributed by atoms with Crippen LogP contribution in [0.4, 0.5) is 0 Å². The van der Waals surface area contributed by atoms with Gasteiger partial charge in [-0.25, -0.2) is 0 Å². The molecule has 2 aromatic carbocycles. The van der Waals surface area contributed by atoms with Crippen LogP contribution in [0.15, 0.2) is 36.4 Å². The normalized spacial score (nSPS) is 10.6.